The first-order valence-corrected chi connectivity index (χ1v) is 18.1. The smallest absolute Gasteiger partial charge is 0.129 e. The number of hydrogen-bond acceptors (Lipinski definition) is 6. The topological polar surface area (TPSA) is 76.8 Å². The maximum atomic E-state index is 13.4. The maximum Gasteiger partial charge on any atom is 0.129 e. The SMILES string of the molecule is Cc1nn(C)c2c1C(c1ccc(Cl)cc1Cl)S(=O)C(C)(C)CN2.Cc1nn(C)c2c1C(c1ccc(Cl)cc1Cl)SC(C)(C)CN2. The lowest BCUT2D eigenvalue weighted by molar-refractivity contribution is 0.633. The molecule has 3 unspecified atom stereocenters. The van der Waals surface area contributed by atoms with Crippen molar-refractivity contribution in [1.29, 1.82) is 0 Å². The minimum Gasteiger partial charge on any atom is -0.369 e. The van der Waals surface area contributed by atoms with Gasteiger partial charge in [-0.2, -0.15) is 10.2 Å². The molecule has 13 heteroatoms. The molecule has 242 valence electrons. The van der Waals surface area contributed by atoms with Gasteiger partial charge in [0.15, 0.2) is 0 Å². The average Bonchev–Trinajstić information content (AvgIpc) is 3.28. The van der Waals surface area contributed by atoms with Crippen molar-refractivity contribution >= 4 is 80.6 Å². The van der Waals surface area contributed by atoms with E-state index in [2.05, 4.69) is 41.6 Å². The van der Waals surface area contributed by atoms with Gasteiger partial charge in [-0.25, -0.2) is 0 Å². The van der Waals surface area contributed by atoms with E-state index in [-0.39, 0.29) is 15.2 Å². The fourth-order valence-electron chi connectivity index (χ4n) is 5.82. The highest BCUT2D eigenvalue weighted by Crippen LogP contribution is 2.50. The third kappa shape index (κ3) is 6.90. The summed E-state index contributed by atoms with van der Waals surface area (Å²) in [7, 11) is 2.69. The highest BCUT2D eigenvalue weighted by atomic mass is 35.5. The molecule has 0 saturated carbocycles. The first-order chi connectivity index (χ1) is 21.0. The molecule has 7 nitrogen and oxygen atoms in total. The third-order valence-corrected chi connectivity index (χ3v) is 12.9. The predicted molar refractivity (Wildman–Crippen MR) is 193 cm³/mol. The molecule has 0 bridgehead atoms. The summed E-state index contributed by atoms with van der Waals surface area (Å²) in [6.07, 6.45) is 0. The average molecular weight is 729 g/mol. The van der Waals surface area contributed by atoms with Crippen LogP contribution in [0.5, 0.6) is 0 Å². The standard InChI is InChI=1S/C16H19Cl2N3OS.C16H19Cl2N3S/c1-9-13-14(11-6-5-10(17)7-12(11)18)23(22)16(2,3)8-19-15(13)21(4)20-9;1-9-13-14(11-6-5-10(17)7-12(11)18)22-16(2,3)8-19-15(13)21(4)20-9/h5-7,14,19H,8H2,1-4H3;5-7,14,19H,8H2,1-4H3. The minimum absolute atomic E-state index is 0.0824. The largest absolute Gasteiger partial charge is 0.369 e. The van der Waals surface area contributed by atoms with Crippen LogP contribution in [0.1, 0.15) is 71.8 Å². The van der Waals surface area contributed by atoms with E-state index in [1.165, 1.54) is 5.56 Å². The first-order valence-electron chi connectivity index (χ1n) is 14.5. The Labute approximate surface area is 292 Å². The highest BCUT2D eigenvalue weighted by Gasteiger charge is 2.41. The van der Waals surface area contributed by atoms with Gasteiger partial charge in [0.05, 0.1) is 26.6 Å². The van der Waals surface area contributed by atoms with Gasteiger partial charge in [0, 0.05) is 73.9 Å². The summed E-state index contributed by atoms with van der Waals surface area (Å²) in [5, 5.41) is 18.3. The zero-order valence-electron chi connectivity index (χ0n) is 26.6. The van der Waals surface area contributed by atoms with Crippen molar-refractivity contribution < 1.29 is 4.21 Å². The van der Waals surface area contributed by atoms with Crippen molar-refractivity contribution in [3.05, 3.63) is 90.1 Å². The number of fused-ring (bicyclic) bond motifs is 2. The summed E-state index contributed by atoms with van der Waals surface area (Å²) in [5.41, 5.74) is 5.96. The van der Waals surface area contributed by atoms with Crippen LogP contribution < -0.4 is 10.6 Å². The van der Waals surface area contributed by atoms with E-state index in [1.807, 2.05) is 75.6 Å². The van der Waals surface area contributed by atoms with Crippen LogP contribution in [0.25, 0.3) is 0 Å². The molecule has 2 aromatic heterocycles. The lowest BCUT2D eigenvalue weighted by Gasteiger charge is -2.27. The Morgan fingerprint density at radius 2 is 1.29 bits per heavy atom. The molecule has 0 aliphatic carbocycles. The van der Waals surface area contributed by atoms with Crippen molar-refractivity contribution in [3.63, 3.8) is 0 Å². The summed E-state index contributed by atoms with van der Waals surface area (Å²) >= 11 is 26.9. The van der Waals surface area contributed by atoms with Crippen molar-refractivity contribution in [2.24, 2.45) is 14.1 Å². The van der Waals surface area contributed by atoms with Crippen LogP contribution in [-0.4, -0.2) is 46.4 Å². The van der Waals surface area contributed by atoms with Gasteiger partial charge in [-0.15, -0.1) is 11.8 Å². The molecule has 2 aliphatic rings. The molecule has 4 heterocycles. The Bertz CT molecular complexity index is 1780. The number of anilines is 2. The molecule has 0 amide bonds. The van der Waals surface area contributed by atoms with E-state index >= 15 is 0 Å². The number of nitrogens with zero attached hydrogens (tertiary/aromatic N) is 4. The molecular weight excluding hydrogens is 690 g/mol. The number of rotatable bonds is 2. The van der Waals surface area contributed by atoms with Crippen LogP contribution >= 0.6 is 58.2 Å². The van der Waals surface area contributed by atoms with Crippen LogP contribution in [0.2, 0.25) is 20.1 Å². The highest BCUT2D eigenvalue weighted by molar-refractivity contribution is 8.01. The van der Waals surface area contributed by atoms with Gasteiger partial charge >= 0.3 is 0 Å². The molecule has 0 saturated heterocycles. The summed E-state index contributed by atoms with van der Waals surface area (Å²) in [6.45, 7) is 14.0. The van der Waals surface area contributed by atoms with Gasteiger partial charge in [0.1, 0.15) is 11.6 Å². The van der Waals surface area contributed by atoms with E-state index in [1.54, 1.807) is 16.8 Å². The molecule has 2 aliphatic heterocycles. The Kier molecular flexibility index (Phi) is 9.93. The van der Waals surface area contributed by atoms with Gasteiger partial charge in [-0.1, -0.05) is 58.5 Å². The normalized spacial score (nSPS) is 21.6. The molecular formula is C32H38Cl4N6OS2. The molecule has 2 aromatic carbocycles. The maximum absolute atomic E-state index is 13.4. The van der Waals surface area contributed by atoms with Crippen molar-refractivity contribution in [2.75, 3.05) is 23.7 Å². The lowest BCUT2D eigenvalue weighted by atomic mass is 10.0. The second kappa shape index (κ2) is 13.0. The molecule has 0 fully saturated rings. The number of hydrogen-bond donors (Lipinski definition) is 2. The number of halogens is 4. The number of benzene rings is 2. The van der Waals surface area contributed by atoms with Crippen molar-refractivity contribution in [3.8, 4) is 0 Å². The lowest BCUT2D eigenvalue weighted by Crippen LogP contribution is -2.36. The van der Waals surface area contributed by atoms with Gasteiger partial charge in [0.25, 0.3) is 0 Å². The van der Waals surface area contributed by atoms with Gasteiger partial charge in [-0.05, 0) is 76.9 Å². The van der Waals surface area contributed by atoms with Crippen molar-refractivity contribution in [1.82, 2.24) is 19.6 Å². The summed E-state index contributed by atoms with van der Waals surface area (Å²) in [5.74, 6) is 1.98. The molecule has 3 atom stereocenters. The second-order valence-corrected chi connectivity index (χ2v) is 18.3. The van der Waals surface area contributed by atoms with E-state index in [4.69, 9.17) is 46.4 Å². The number of nitrogens with one attached hydrogen (secondary N) is 2. The van der Waals surface area contributed by atoms with Gasteiger partial charge in [-0.3, -0.25) is 13.6 Å². The quantitative estimate of drug-likeness (QED) is 0.215. The third-order valence-electron chi connectivity index (χ3n) is 8.11. The predicted octanol–water partition coefficient (Wildman–Crippen LogP) is 9.14. The number of thioether (sulfide) groups is 1. The molecule has 2 N–H and O–H groups in total. The fraction of sp³-hybridized carbons (Fsp3) is 0.438. The minimum atomic E-state index is -1.18. The Balaban J connectivity index is 0.000000178. The van der Waals surface area contributed by atoms with Crippen LogP contribution in [-0.2, 0) is 24.9 Å². The van der Waals surface area contributed by atoms with Crippen LogP contribution in [0.15, 0.2) is 36.4 Å². The number of aryl methyl sites for hydroxylation is 4. The molecule has 6 rings (SSSR count). The zero-order valence-corrected chi connectivity index (χ0v) is 31.2. The van der Waals surface area contributed by atoms with E-state index < -0.39 is 15.5 Å². The van der Waals surface area contributed by atoms with Crippen LogP contribution in [0, 0.1) is 13.8 Å². The Morgan fingerprint density at radius 3 is 1.84 bits per heavy atom. The van der Waals surface area contributed by atoms with Crippen LogP contribution in [0.4, 0.5) is 11.6 Å². The van der Waals surface area contributed by atoms with Gasteiger partial charge < -0.3 is 10.6 Å². The monoisotopic (exact) mass is 726 g/mol. The molecule has 4 aromatic rings. The Hall–Kier alpha value is -1.88. The summed E-state index contributed by atoms with van der Waals surface area (Å²) in [4.78, 5) is 0. The van der Waals surface area contributed by atoms with E-state index in [9.17, 15) is 4.21 Å². The number of aromatic nitrogens is 4. The summed E-state index contributed by atoms with van der Waals surface area (Å²) in [6, 6.07) is 11.1. The van der Waals surface area contributed by atoms with E-state index in [0.29, 0.717) is 26.6 Å². The van der Waals surface area contributed by atoms with Crippen molar-refractivity contribution in [2.45, 2.75) is 61.5 Å². The zero-order chi connectivity index (χ0) is 33.0. The Morgan fingerprint density at radius 1 is 0.800 bits per heavy atom. The second-order valence-electron chi connectivity index (χ2n) is 12.7. The van der Waals surface area contributed by atoms with Crippen LogP contribution in [0.3, 0.4) is 0 Å². The molecule has 0 spiro atoms. The first kappa shape index (κ1) is 34.5. The summed E-state index contributed by atoms with van der Waals surface area (Å²) < 4.78 is 16.8. The molecule has 0 radical (unpaired) electrons. The fourth-order valence-corrected chi connectivity index (χ4v) is 10.3. The van der Waals surface area contributed by atoms with E-state index in [0.717, 1.165) is 46.3 Å². The molecule has 45 heavy (non-hydrogen) atoms. The van der Waals surface area contributed by atoms with Gasteiger partial charge in [0.2, 0.25) is 0 Å².